The summed E-state index contributed by atoms with van der Waals surface area (Å²) in [5, 5.41) is 3.08. The summed E-state index contributed by atoms with van der Waals surface area (Å²) in [5.41, 5.74) is 1.86. The number of hydrogen-bond acceptors (Lipinski definition) is 2. The van der Waals surface area contributed by atoms with Crippen LogP contribution in [-0.2, 0) is 13.1 Å². The molecule has 1 rings (SSSR count). The standard InChI is InChI=1S/C15H23FN2/c1-5-8-18(12(2)3)11-14-9-13(10-17-4)6-7-15(14)16/h5-7,9,12,17H,1,8,10-11H2,2-4H3. The van der Waals surface area contributed by atoms with Crippen molar-refractivity contribution in [1.29, 1.82) is 0 Å². The van der Waals surface area contributed by atoms with Crippen molar-refractivity contribution in [1.82, 2.24) is 10.2 Å². The topological polar surface area (TPSA) is 15.3 Å². The molecule has 1 N–H and O–H groups in total. The van der Waals surface area contributed by atoms with E-state index in [4.69, 9.17) is 0 Å². The lowest BCUT2D eigenvalue weighted by Gasteiger charge is -2.25. The number of rotatable bonds is 7. The Morgan fingerprint density at radius 1 is 1.44 bits per heavy atom. The first-order valence-electron chi connectivity index (χ1n) is 6.35. The Kier molecular flexibility index (Phi) is 6.02. The van der Waals surface area contributed by atoms with Gasteiger partial charge in [-0.2, -0.15) is 0 Å². The number of benzene rings is 1. The first-order chi connectivity index (χ1) is 8.58. The average molecular weight is 250 g/mol. The van der Waals surface area contributed by atoms with Crippen LogP contribution in [0.15, 0.2) is 30.9 Å². The lowest BCUT2D eigenvalue weighted by Crippen LogP contribution is -2.30. The van der Waals surface area contributed by atoms with E-state index in [1.807, 2.05) is 25.3 Å². The van der Waals surface area contributed by atoms with Crippen LogP contribution in [0.3, 0.4) is 0 Å². The summed E-state index contributed by atoms with van der Waals surface area (Å²) in [6, 6.07) is 5.68. The summed E-state index contributed by atoms with van der Waals surface area (Å²) >= 11 is 0. The zero-order valence-electron chi connectivity index (χ0n) is 11.5. The Morgan fingerprint density at radius 2 is 2.17 bits per heavy atom. The normalized spacial score (nSPS) is 11.2. The Hall–Kier alpha value is -1.19. The SMILES string of the molecule is C=CCN(Cc1cc(CNC)ccc1F)C(C)C. The molecule has 0 unspecified atom stereocenters. The molecule has 18 heavy (non-hydrogen) atoms. The Morgan fingerprint density at radius 3 is 2.72 bits per heavy atom. The van der Waals surface area contributed by atoms with E-state index in [9.17, 15) is 4.39 Å². The fraction of sp³-hybridized carbons (Fsp3) is 0.467. The highest BCUT2D eigenvalue weighted by atomic mass is 19.1. The summed E-state index contributed by atoms with van der Waals surface area (Å²) in [5.74, 6) is -0.135. The highest BCUT2D eigenvalue weighted by Gasteiger charge is 2.11. The second-order valence-electron chi connectivity index (χ2n) is 4.77. The van der Waals surface area contributed by atoms with E-state index in [1.165, 1.54) is 0 Å². The molecule has 0 amide bonds. The van der Waals surface area contributed by atoms with Gasteiger partial charge in [-0.1, -0.05) is 18.2 Å². The maximum atomic E-state index is 13.8. The summed E-state index contributed by atoms with van der Waals surface area (Å²) in [6.07, 6.45) is 1.86. The summed E-state index contributed by atoms with van der Waals surface area (Å²) in [4.78, 5) is 2.19. The molecule has 0 heterocycles. The number of hydrogen-bond donors (Lipinski definition) is 1. The number of nitrogens with zero attached hydrogens (tertiary/aromatic N) is 1. The summed E-state index contributed by atoms with van der Waals surface area (Å²) < 4.78 is 13.8. The van der Waals surface area contributed by atoms with Crippen LogP contribution in [0, 0.1) is 5.82 Å². The molecular weight excluding hydrogens is 227 g/mol. The van der Waals surface area contributed by atoms with Gasteiger partial charge in [-0.3, -0.25) is 4.90 Å². The third-order valence-electron chi connectivity index (χ3n) is 2.96. The molecule has 2 nitrogen and oxygen atoms in total. The summed E-state index contributed by atoms with van der Waals surface area (Å²) in [6.45, 7) is 10.1. The van der Waals surface area contributed by atoms with Crippen LogP contribution >= 0.6 is 0 Å². The maximum Gasteiger partial charge on any atom is 0.127 e. The van der Waals surface area contributed by atoms with Crippen molar-refractivity contribution in [2.75, 3.05) is 13.6 Å². The van der Waals surface area contributed by atoms with Crippen molar-refractivity contribution in [3.63, 3.8) is 0 Å². The Bertz CT molecular complexity index is 388. The van der Waals surface area contributed by atoms with E-state index < -0.39 is 0 Å². The molecule has 0 aliphatic carbocycles. The van der Waals surface area contributed by atoms with Crippen LogP contribution in [0.2, 0.25) is 0 Å². The van der Waals surface area contributed by atoms with Crippen LogP contribution in [0.4, 0.5) is 4.39 Å². The van der Waals surface area contributed by atoms with Gasteiger partial charge < -0.3 is 5.32 Å². The molecule has 0 aliphatic heterocycles. The zero-order valence-corrected chi connectivity index (χ0v) is 11.5. The third kappa shape index (κ3) is 4.24. The quantitative estimate of drug-likeness (QED) is 0.749. The second kappa shape index (κ2) is 7.29. The van der Waals surface area contributed by atoms with Gasteiger partial charge in [0.15, 0.2) is 0 Å². The lowest BCUT2D eigenvalue weighted by molar-refractivity contribution is 0.234. The molecule has 0 saturated carbocycles. The van der Waals surface area contributed by atoms with Crippen LogP contribution in [0.5, 0.6) is 0 Å². The molecule has 0 radical (unpaired) electrons. The van der Waals surface area contributed by atoms with Gasteiger partial charge in [0.05, 0.1) is 0 Å². The van der Waals surface area contributed by atoms with Crippen LogP contribution in [0.1, 0.15) is 25.0 Å². The molecule has 1 aromatic carbocycles. The van der Waals surface area contributed by atoms with Crippen LogP contribution < -0.4 is 5.32 Å². The molecule has 0 aliphatic rings. The Labute approximate surface area is 110 Å². The van der Waals surface area contributed by atoms with E-state index in [0.717, 1.165) is 24.2 Å². The van der Waals surface area contributed by atoms with Gasteiger partial charge in [0.25, 0.3) is 0 Å². The van der Waals surface area contributed by atoms with E-state index in [-0.39, 0.29) is 5.82 Å². The number of halogens is 1. The molecule has 0 atom stereocenters. The first-order valence-corrected chi connectivity index (χ1v) is 6.35. The van der Waals surface area contributed by atoms with Crippen molar-refractivity contribution in [3.05, 3.63) is 47.8 Å². The molecule has 0 bridgehead atoms. The van der Waals surface area contributed by atoms with Crippen molar-refractivity contribution in [2.45, 2.75) is 33.0 Å². The molecular formula is C15H23FN2. The van der Waals surface area contributed by atoms with E-state index >= 15 is 0 Å². The lowest BCUT2D eigenvalue weighted by atomic mass is 10.1. The zero-order chi connectivity index (χ0) is 13.5. The van der Waals surface area contributed by atoms with E-state index in [1.54, 1.807) is 6.07 Å². The fourth-order valence-corrected chi connectivity index (χ4v) is 1.91. The van der Waals surface area contributed by atoms with Crippen molar-refractivity contribution in [3.8, 4) is 0 Å². The van der Waals surface area contributed by atoms with Crippen molar-refractivity contribution >= 4 is 0 Å². The fourth-order valence-electron chi connectivity index (χ4n) is 1.91. The maximum absolute atomic E-state index is 13.8. The van der Waals surface area contributed by atoms with E-state index in [0.29, 0.717) is 12.6 Å². The van der Waals surface area contributed by atoms with Crippen molar-refractivity contribution < 1.29 is 4.39 Å². The van der Waals surface area contributed by atoms with Gasteiger partial charge in [0, 0.05) is 31.2 Å². The minimum atomic E-state index is -0.135. The smallest absolute Gasteiger partial charge is 0.127 e. The predicted molar refractivity (Wildman–Crippen MR) is 74.9 cm³/mol. The molecule has 3 heteroatoms. The van der Waals surface area contributed by atoms with Crippen LogP contribution in [-0.4, -0.2) is 24.5 Å². The van der Waals surface area contributed by atoms with Gasteiger partial charge >= 0.3 is 0 Å². The Balaban J connectivity index is 2.86. The molecule has 100 valence electrons. The molecule has 0 aromatic heterocycles. The van der Waals surface area contributed by atoms with Crippen molar-refractivity contribution in [2.24, 2.45) is 0 Å². The second-order valence-corrected chi connectivity index (χ2v) is 4.77. The molecule has 0 saturated heterocycles. The molecule has 1 aromatic rings. The monoisotopic (exact) mass is 250 g/mol. The third-order valence-corrected chi connectivity index (χ3v) is 2.96. The first kappa shape index (κ1) is 14.9. The molecule has 0 fully saturated rings. The average Bonchev–Trinajstić information content (AvgIpc) is 2.33. The molecule has 0 spiro atoms. The minimum Gasteiger partial charge on any atom is -0.316 e. The minimum absolute atomic E-state index is 0.135. The number of nitrogens with one attached hydrogen (secondary N) is 1. The van der Waals surface area contributed by atoms with Crippen LogP contribution in [0.25, 0.3) is 0 Å². The van der Waals surface area contributed by atoms with Gasteiger partial charge in [0.2, 0.25) is 0 Å². The predicted octanol–water partition coefficient (Wildman–Crippen LogP) is 2.94. The largest absolute Gasteiger partial charge is 0.316 e. The van der Waals surface area contributed by atoms with Gasteiger partial charge in [0.1, 0.15) is 5.82 Å². The van der Waals surface area contributed by atoms with Gasteiger partial charge in [-0.15, -0.1) is 6.58 Å². The van der Waals surface area contributed by atoms with E-state index in [2.05, 4.69) is 30.6 Å². The highest BCUT2D eigenvalue weighted by molar-refractivity contribution is 5.25. The highest BCUT2D eigenvalue weighted by Crippen LogP contribution is 2.15. The van der Waals surface area contributed by atoms with Gasteiger partial charge in [-0.25, -0.2) is 4.39 Å². The van der Waals surface area contributed by atoms with Gasteiger partial charge in [-0.05, 0) is 32.5 Å². The summed E-state index contributed by atoms with van der Waals surface area (Å²) in [7, 11) is 1.89.